The summed E-state index contributed by atoms with van der Waals surface area (Å²) in [5, 5.41) is 10.7. The number of anilines is 1. The van der Waals surface area contributed by atoms with Gasteiger partial charge in [-0.05, 0) is 12.1 Å². The minimum Gasteiger partial charge on any atom is -0.465 e. The molecule has 0 spiro atoms. The van der Waals surface area contributed by atoms with Gasteiger partial charge in [0, 0.05) is 0 Å². The van der Waals surface area contributed by atoms with Gasteiger partial charge in [-0.2, -0.15) is 0 Å². The lowest BCUT2D eigenvalue weighted by molar-refractivity contribution is 0.209. The van der Waals surface area contributed by atoms with Crippen molar-refractivity contribution in [2.45, 2.75) is 0 Å². The monoisotopic (exact) mass is 172 g/mol. The molecule has 0 aliphatic rings. The molecule has 0 aromatic carbocycles. The second-order valence-electron chi connectivity index (χ2n) is 1.80. The molecule has 1 aromatic rings. The summed E-state index contributed by atoms with van der Waals surface area (Å²) in [6.45, 7) is 0. The van der Waals surface area contributed by atoms with Gasteiger partial charge in [-0.1, -0.05) is 11.6 Å². The first-order valence-corrected chi connectivity index (χ1v) is 3.18. The van der Waals surface area contributed by atoms with Crippen LogP contribution >= 0.6 is 11.6 Å². The molecule has 0 saturated carbocycles. The Kier molecular flexibility index (Phi) is 2.28. The molecule has 1 amide bonds. The number of halogens is 1. The largest absolute Gasteiger partial charge is 0.465 e. The number of carboxylic acid groups (broad SMARTS) is 1. The molecule has 0 unspecified atom stereocenters. The molecule has 0 aliphatic carbocycles. The summed E-state index contributed by atoms with van der Waals surface area (Å²) in [5.74, 6) is 0. The quantitative estimate of drug-likeness (QED) is 0.636. The van der Waals surface area contributed by atoms with E-state index in [9.17, 15) is 4.79 Å². The molecule has 1 rings (SSSR count). The standard InChI is InChI=1S/C6H5ClN2O2/c7-5-2-1-4(3-8-5)9-6(10)11/h1-3,9H,(H,10,11). The van der Waals surface area contributed by atoms with Crippen LogP contribution in [0.5, 0.6) is 0 Å². The molecule has 4 nitrogen and oxygen atoms in total. The fourth-order valence-corrected chi connectivity index (χ4v) is 0.685. The summed E-state index contributed by atoms with van der Waals surface area (Å²) in [7, 11) is 0. The summed E-state index contributed by atoms with van der Waals surface area (Å²) in [4.78, 5) is 13.8. The first kappa shape index (κ1) is 7.81. The van der Waals surface area contributed by atoms with Gasteiger partial charge < -0.3 is 5.11 Å². The highest BCUT2D eigenvalue weighted by atomic mass is 35.5. The Morgan fingerprint density at radius 3 is 2.82 bits per heavy atom. The summed E-state index contributed by atoms with van der Waals surface area (Å²) >= 11 is 5.46. The summed E-state index contributed by atoms with van der Waals surface area (Å²) < 4.78 is 0. The highest BCUT2D eigenvalue weighted by Crippen LogP contribution is 2.08. The Bertz CT molecular complexity index is 260. The van der Waals surface area contributed by atoms with Crippen molar-refractivity contribution in [2.75, 3.05) is 5.32 Å². The van der Waals surface area contributed by atoms with Crippen molar-refractivity contribution < 1.29 is 9.90 Å². The van der Waals surface area contributed by atoms with Crippen molar-refractivity contribution in [3.63, 3.8) is 0 Å². The van der Waals surface area contributed by atoms with Crippen LogP contribution in [0.3, 0.4) is 0 Å². The molecule has 11 heavy (non-hydrogen) atoms. The Balaban J connectivity index is 2.74. The van der Waals surface area contributed by atoms with Crippen LogP contribution in [0.1, 0.15) is 0 Å². The maximum atomic E-state index is 10.1. The summed E-state index contributed by atoms with van der Waals surface area (Å²) in [5.41, 5.74) is 0.405. The van der Waals surface area contributed by atoms with Crippen molar-refractivity contribution in [1.29, 1.82) is 0 Å². The molecule has 0 aliphatic heterocycles. The summed E-state index contributed by atoms with van der Waals surface area (Å²) in [6, 6.07) is 3.04. The van der Waals surface area contributed by atoms with Gasteiger partial charge in [0.15, 0.2) is 0 Å². The van der Waals surface area contributed by atoms with E-state index >= 15 is 0 Å². The molecular weight excluding hydrogens is 168 g/mol. The number of aromatic nitrogens is 1. The molecule has 58 valence electrons. The van der Waals surface area contributed by atoms with Gasteiger partial charge in [0.05, 0.1) is 11.9 Å². The predicted octanol–water partition coefficient (Wildman–Crippen LogP) is 1.82. The number of carbonyl (C=O) groups is 1. The van der Waals surface area contributed by atoms with E-state index in [0.29, 0.717) is 10.8 Å². The lowest BCUT2D eigenvalue weighted by Gasteiger charge is -1.97. The lowest BCUT2D eigenvalue weighted by Crippen LogP contribution is -2.06. The fourth-order valence-electron chi connectivity index (χ4n) is 0.573. The topological polar surface area (TPSA) is 62.2 Å². The van der Waals surface area contributed by atoms with E-state index in [1.165, 1.54) is 18.3 Å². The predicted molar refractivity (Wildman–Crippen MR) is 40.9 cm³/mol. The Morgan fingerprint density at radius 1 is 1.64 bits per heavy atom. The number of pyridine rings is 1. The van der Waals surface area contributed by atoms with E-state index in [-0.39, 0.29) is 0 Å². The third-order valence-corrected chi connectivity index (χ3v) is 1.20. The van der Waals surface area contributed by atoms with Gasteiger partial charge in [0.2, 0.25) is 0 Å². The van der Waals surface area contributed by atoms with Crippen LogP contribution in [-0.2, 0) is 0 Å². The smallest absolute Gasteiger partial charge is 0.409 e. The molecule has 0 radical (unpaired) electrons. The highest BCUT2D eigenvalue weighted by Gasteiger charge is 1.96. The van der Waals surface area contributed by atoms with Crippen molar-refractivity contribution in [1.82, 2.24) is 4.98 Å². The molecule has 5 heteroatoms. The minimum absolute atomic E-state index is 0.334. The number of rotatable bonds is 1. The minimum atomic E-state index is -1.12. The zero-order valence-corrected chi connectivity index (χ0v) is 6.17. The van der Waals surface area contributed by atoms with Crippen LogP contribution in [0.2, 0.25) is 5.15 Å². The van der Waals surface area contributed by atoms with Crippen LogP contribution in [0, 0.1) is 0 Å². The maximum Gasteiger partial charge on any atom is 0.409 e. The van der Waals surface area contributed by atoms with Gasteiger partial charge in [0.25, 0.3) is 0 Å². The van der Waals surface area contributed by atoms with Crippen molar-refractivity contribution in [3.05, 3.63) is 23.5 Å². The third kappa shape index (κ3) is 2.43. The molecule has 1 aromatic heterocycles. The van der Waals surface area contributed by atoms with E-state index in [0.717, 1.165) is 0 Å². The second kappa shape index (κ2) is 3.21. The maximum absolute atomic E-state index is 10.1. The number of hydrogen-bond donors (Lipinski definition) is 2. The molecular formula is C6H5ClN2O2. The fraction of sp³-hybridized carbons (Fsp3) is 0. The molecule has 1 heterocycles. The number of nitrogens with one attached hydrogen (secondary N) is 1. The summed E-state index contributed by atoms with van der Waals surface area (Å²) in [6.07, 6.45) is 0.227. The molecule has 2 N–H and O–H groups in total. The molecule has 0 saturated heterocycles. The van der Waals surface area contributed by atoms with Crippen LogP contribution in [0.25, 0.3) is 0 Å². The lowest BCUT2D eigenvalue weighted by atomic mass is 10.4. The zero-order chi connectivity index (χ0) is 8.27. The van der Waals surface area contributed by atoms with Gasteiger partial charge in [-0.3, -0.25) is 5.32 Å². The number of amides is 1. The average molecular weight is 173 g/mol. The van der Waals surface area contributed by atoms with E-state index in [1.54, 1.807) is 0 Å². The second-order valence-corrected chi connectivity index (χ2v) is 2.19. The van der Waals surface area contributed by atoms with Gasteiger partial charge in [0.1, 0.15) is 5.15 Å². The Morgan fingerprint density at radius 2 is 2.36 bits per heavy atom. The van der Waals surface area contributed by atoms with E-state index in [2.05, 4.69) is 10.3 Å². The van der Waals surface area contributed by atoms with Crippen LogP contribution in [0.15, 0.2) is 18.3 Å². The normalized spacial score (nSPS) is 9.18. The zero-order valence-electron chi connectivity index (χ0n) is 5.41. The number of nitrogens with zero attached hydrogens (tertiary/aromatic N) is 1. The van der Waals surface area contributed by atoms with Gasteiger partial charge in [-0.25, -0.2) is 9.78 Å². The van der Waals surface area contributed by atoms with Gasteiger partial charge in [-0.15, -0.1) is 0 Å². The molecule has 0 bridgehead atoms. The van der Waals surface area contributed by atoms with Gasteiger partial charge >= 0.3 is 6.09 Å². The van der Waals surface area contributed by atoms with E-state index in [4.69, 9.17) is 16.7 Å². The van der Waals surface area contributed by atoms with Crippen molar-refractivity contribution >= 4 is 23.4 Å². The van der Waals surface area contributed by atoms with Crippen LogP contribution in [-0.4, -0.2) is 16.2 Å². The van der Waals surface area contributed by atoms with Crippen LogP contribution in [0.4, 0.5) is 10.5 Å². The average Bonchev–Trinajstić information content (AvgIpc) is 1.93. The Labute approximate surface area is 67.8 Å². The molecule has 0 atom stereocenters. The van der Waals surface area contributed by atoms with Crippen molar-refractivity contribution in [2.24, 2.45) is 0 Å². The highest BCUT2D eigenvalue weighted by molar-refractivity contribution is 6.29. The van der Waals surface area contributed by atoms with E-state index < -0.39 is 6.09 Å². The van der Waals surface area contributed by atoms with E-state index in [1.807, 2.05) is 0 Å². The first-order valence-electron chi connectivity index (χ1n) is 2.80. The SMILES string of the molecule is O=C(O)Nc1ccc(Cl)nc1. The van der Waals surface area contributed by atoms with Crippen LogP contribution < -0.4 is 5.32 Å². The number of hydrogen-bond acceptors (Lipinski definition) is 2. The third-order valence-electron chi connectivity index (χ3n) is 0.979. The first-order chi connectivity index (χ1) is 5.18. The Hall–Kier alpha value is -1.29. The van der Waals surface area contributed by atoms with Crippen molar-refractivity contribution in [3.8, 4) is 0 Å². The molecule has 0 fully saturated rings.